The van der Waals surface area contributed by atoms with Crippen LogP contribution in [0.15, 0.2) is 5.38 Å². The second kappa shape index (κ2) is 13.9. The average molecular weight is 425 g/mol. The fourth-order valence-corrected chi connectivity index (χ4v) is 4.32. The van der Waals surface area contributed by atoms with Gasteiger partial charge in [-0.05, 0) is 18.8 Å². The molecule has 1 aromatic rings. The first-order valence-corrected chi connectivity index (χ1v) is 12.2. The molecular weight excluding hydrogens is 384 g/mol. The number of aromatic nitrogens is 1. The van der Waals surface area contributed by atoms with Gasteiger partial charge < -0.3 is 10.0 Å². The van der Waals surface area contributed by atoms with Gasteiger partial charge in [0, 0.05) is 37.2 Å². The van der Waals surface area contributed by atoms with E-state index in [9.17, 15) is 14.7 Å². The molecule has 0 spiro atoms. The third kappa shape index (κ3) is 8.55. The monoisotopic (exact) mass is 424 g/mol. The summed E-state index contributed by atoms with van der Waals surface area (Å²) < 4.78 is 0. The number of aliphatic hydroxyl groups excluding tert-OH is 1. The summed E-state index contributed by atoms with van der Waals surface area (Å²) in [5.41, 5.74) is 0.433. The van der Waals surface area contributed by atoms with E-state index >= 15 is 0 Å². The van der Waals surface area contributed by atoms with Gasteiger partial charge in [-0.3, -0.25) is 9.59 Å². The minimum atomic E-state index is -0.761. The number of rotatable bonds is 15. The Bertz CT molecular complexity index is 615. The van der Waals surface area contributed by atoms with Crippen molar-refractivity contribution in [2.45, 2.75) is 105 Å². The minimum Gasteiger partial charge on any atom is -0.386 e. The maximum Gasteiger partial charge on any atom is 0.222 e. The predicted octanol–water partition coefficient (Wildman–Crippen LogP) is 5.78. The molecule has 1 aromatic heterocycles. The molecule has 2 atom stereocenters. The van der Waals surface area contributed by atoms with Gasteiger partial charge in [-0.2, -0.15) is 0 Å². The SMILES string of the molecule is CCCCCCN(C(=O)CCCC)C(CC(O)c1nc(C(=O)CC)cs1)C(C)C. The Morgan fingerprint density at radius 3 is 2.38 bits per heavy atom. The summed E-state index contributed by atoms with van der Waals surface area (Å²) in [6, 6.07) is -0.0368. The first-order chi connectivity index (χ1) is 13.8. The molecule has 0 saturated carbocycles. The van der Waals surface area contributed by atoms with Gasteiger partial charge in [-0.1, -0.05) is 60.3 Å². The molecule has 1 heterocycles. The van der Waals surface area contributed by atoms with Crippen LogP contribution in [-0.2, 0) is 4.79 Å². The van der Waals surface area contributed by atoms with E-state index in [4.69, 9.17) is 0 Å². The van der Waals surface area contributed by atoms with Crippen LogP contribution in [0.1, 0.15) is 114 Å². The molecule has 0 saturated heterocycles. The lowest BCUT2D eigenvalue weighted by atomic mass is 9.95. The van der Waals surface area contributed by atoms with Crippen LogP contribution in [0.4, 0.5) is 0 Å². The summed E-state index contributed by atoms with van der Waals surface area (Å²) >= 11 is 1.33. The van der Waals surface area contributed by atoms with Crippen molar-refractivity contribution in [3.05, 3.63) is 16.1 Å². The molecule has 0 aliphatic heterocycles. The van der Waals surface area contributed by atoms with Gasteiger partial charge in [0.25, 0.3) is 0 Å². The van der Waals surface area contributed by atoms with Crippen molar-refractivity contribution in [3.63, 3.8) is 0 Å². The molecule has 1 amide bonds. The van der Waals surface area contributed by atoms with Crippen LogP contribution in [0.2, 0.25) is 0 Å². The van der Waals surface area contributed by atoms with Gasteiger partial charge in [0.1, 0.15) is 16.8 Å². The highest BCUT2D eigenvalue weighted by Gasteiger charge is 2.29. The van der Waals surface area contributed by atoms with Gasteiger partial charge in [0.15, 0.2) is 5.78 Å². The Balaban J connectivity index is 2.92. The van der Waals surface area contributed by atoms with Gasteiger partial charge >= 0.3 is 0 Å². The molecule has 1 rings (SSSR count). The van der Waals surface area contributed by atoms with Crippen molar-refractivity contribution in [2.24, 2.45) is 5.92 Å². The fraction of sp³-hybridized carbons (Fsp3) is 0.783. The number of carbonyl (C=O) groups is 2. The highest BCUT2D eigenvalue weighted by molar-refractivity contribution is 7.09. The number of unbranched alkanes of at least 4 members (excludes halogenated alkanes) is 4. The molecule has 0 aliphatic carbocycles. The molecule has 0 radical (unpaired) electrons. The number of carbonyl (C=O) groups excluding carboxylic acids is 2. The first kappa shape index (κ1) is 25.8. The van der Waals surface area contributed by atoms with Crippen molar-refractivity contribution in [1.29, 1.82) is 0 Å². The van der Waals surface area contributed by atoms with E-state index in [1.54, 1.807) is 5.38 Å². The Hall–Kier alpha value is -1.27. The van der Waals surface area contributed by atoms with E-state index in [1.807, 2.05) is 11.8 Å². The fourth-order valence-electron chi connectivity index (χ4n) is 3.49. The summed E-state index contributed by atoms with van der Waals surface area (Å²) in [4.78, 5) is 31.2. The van der Waals surface area contributed by atoms with Crippen LogP contribution in [0.5, 0.6) is 0 Å². The molecule has 0 aliphatic rings. The summed E-state index contributed by atoms with van der Waals surface area (Å²) in [5.74, 6) is 0.417. The van der Waals surface area contributed by atoms with Crippen molar-refractivity contribution in [3.8, 4) is 0 Å². The number of hydrogen-bond donors (Lipinski definition) is 1. The minimum absolute atomic E-state index is 0.00703. The number of thiazole rings is 1. The van der Waals surface area contributed by atoms with Crippen LogP contribution in [0.25, 0.3) is 0 Å². The van der Waals surface area contributed by atoms with Crippen LogP contribution in [-0.4, -0.2) is 39.3 Å². The topological polar surface area (TPSA) is 70.5 Å². The first-order valence-electron chi connectivity index (χ1n) is 11.3. The lowest BCUT2D eigenvalue weighted by Gasteiger charge is -2.36. The molecule has 166 valence electrons. The van der Waals surface area contributed by atoms with E-state index in [1.165, 1.54) is 24.2 Å². The third-order valence-corrected chi connectivity index (χ3v) is 6.31. The molecule has 0 bridgehead atoms. The van der Waals surface area contributed by atoms with E-state index in [-0.39, 0.29) is 23.7 Å². The molecule has 5 nitrogen and oxygen atoms in total. The van der Waals surface area contributed by atoms with Crippen LogP contribution >= 0.6 is 11.3 Å². The number of hydrogen-bond acceptors (Lipinski definition) is 5. The molecule has 2 unspecified atom stereocenters. The lowest BCUT2D eigenvalue weighted by molar-refractivity contribution is -0.135. The van der Waals surface area contributed by atoms with Crippen LogP contribution < -0.4 is 0 Å². The van der Waals surface area contributed by atoms with Gasteiger partial charge in [-0.15, -0.1) is 11.3 Å². The largest absolute Gasteiger partial charge is 0.386 e. The summed E-state index contributed by atoms with van der Waals surface area (Å²) in [6.45, 7) is 11.1. The smallest absolute Gasteiger partial charge is 0.222 e. The zero-order valence-corrected chi connectivity index (χ0v) is 19.8. The highest BCUT2D eigenvalue weighted by atomic mass is 32.1. The normalized spacial score (nSPS) is 13.5. The number of aliphatic hydroxyl groups is 1. The predicted molar refractivity (Wildman–Crippen MR) is 120 cm³/mol. The summed E-state index contributed by atoms with van der Waals surface area (Å²) in [6.07, 6.45) is 7.02. The Morgan fingerprint density at radius 1 is 1.10 bits per heavy atom. The number of ketones is 1. The third-order valence-electron chi connectivity index (χ3n) is 5.37. The summed E-state index contributed by atoms with van der Waals surface area (Å²) in [7, 11) is 0. The second-order valence-electron chi connectivity index (χ2n) is 8.16. The van der Waals surface area contributed by atoms with Gasteiger partial charge in [-0.25, -0.2) is 4.98 Å². The average Bonchev–Trinajstić information content (AvgIpc) is 3.20. The zero-order valence-electron chi connectivity index (χ0n) is 18.9. The highest BCUT2D eigenvalue weighted by Crippen LogP contribution is 2.28. The Morgan fingerprint density at radius 2 is 1.79 bits per heavy atom. The van der Waals surface area contributed by atoms with Crippen molar-refractivity contribution >= 4 is 23.0 Å². The number of nitrogens with zero attached hydrogens (tertiary/aromatic N) is 2. The van der Waals surface area contributed by atoms with Crippen molar-refractivity contribution in [1.82, 2.24) is 9.88 Å². The van der Waals surface area contributed by atoms with Crippen LogP contribution in [0.3, 0.4) is 0 Å². The number of Topliss-reactive ketones (excluding diaryl/α,β-unsaturated/α-hetero) is 1. The molecule has 0 fully saturated rings. The second-order valence-corrected chi connectivity index (χ2v) is 9.05. The van der Waals surface area contributed by atoms with Crippen LogP contribution in [0, 0.1) is 5.92 Å². The summed E-state index contributed by atoms with van der Waals surface area (Å²) in [5, 5.41) is 13.1. The van der Waals surface area contributed by atoms with Gasteiger partial charge in [0.05, 0.1) is 0 Å². The van der Waals surface area contributed by atoms with E-state index in [0.29, 0.717) is 30.0 Å². The molecule has 1 N–H and O–H groups in total. The van der Waals surface area contributed by atoms with Crippen molar-refractivity contribution in [2.75, 3.05) is 6.54 Å². The van der Waals surface area contributed by atoms with E-state index in [0.717, 1.165) is 32.2 Å². The maximum absolute atomic E-state index is 12.9. The van der Waals surface area contributed by atoms with Crippen molar-refractivity contribution < 1.29 is 14.7 Å². The Kier molecular flexibility index (Phi) is 12.3. The Labute approximate surface area is 180 Å². The van der Waals surface area contributed by atoms with E-state index in [2.05, 4.69) is 32.7 Å². The zero-order chi connectivity index (χ0) is 21.8. The quantitative estimate of drug-likeness (QED) is 0.286. The molecule has 0 aromatic carbocycles. The maximum atomic E-state index is 12.9. The lowest BCUT2D eigenvalue weighted by Crippen LogP contribution is -2.44. The molecular formula is C23H40N2O3S. The molecule has 29 heavy (non-hydrogen) atoms. The standard InChI is InChI=1S/C23H40N2O3S/c1-6-9-11-12-14-25(22(28)13-10-7-2)19(17(4)5)15-21(27)23-24-18(16-29-23)20(26)8-3/h16-17,19,21,27H,6-15H2,1-5H3. The van der Waals surface area contributed by atoms with E-state index < -0.39 is 6.10 Å². The van der Waals surface area contributed by atoms with Gasteiger partial charge in [0.2, 0.25) is 5.91 Å². The number of amides is 1. The molecule has 6 heteroatoms.